The van der Waals surface area contributed by atoms with Crippen LogP contribution in [-0.2, 0) is 21.2 Å². The summed E-state index contributed by atoms with van der Waals surface area (Å²) in [6.07, 6.45) is 5.32. The quantitative estimate of drug-likeness (QED) is 0.663. The highest BCUT2D eigenvalue weighted by atomic mass is 32.2. The molecular weight excluding hydrogens is 429 g/mol. The van der Waals surface area contributed by atoms with E-state index in [1.54, 1.807) is 30.5 Å². The number of benzene rings is 1. The second kappa shape index (κ2) is 8.90. The van der Waals surface area contributed by atoms with Gasteiger partial charge in [0.1, 0.15) is 10.7 Å². The van der Waals surface area contributed by atoms with Crippen molar-refractivity contribution in [3.05, 3.63) is 60.2 Å². The number of carbonyl (C=O) groups excluding carboxylic acids is 1. The fraction of sp³-hybridized carbons (Fsp3) is 0.500. The monoisotopic (exact) mass is 459 g/mol. The van der Waals surface area contributed by atoms with E-state index in [0.29, 0.717) is 51.2 Å². The van der Waals surface area contributed by atoms with Crippen molar-refractivity contribution in [2.24, 2.45) is 11.3 Å². The van der Waals surface area contributed by atoms with Gasteiger partial charge in [0.2, 0.25) is 15.9 Å². The second-order valence-electron chi connectivity index (χ2n) is 9.41. The summed E-state index contributed by atoms with van der Waals surface area (Å²) in [5.41, 5.74) is 0.479. The number of halogens is 1. The van der Waals surface area contributed by atoms with Gasteiger partial charge in [0.15, 0.2) is 0 Å². The van der Waals surface area contributed by atoms with Gasteiger partial charge in [-0.1, -0.05) is 26.0 Å². The molecule has 1 aromatic heterocycles. The molecule has 1 spiro atoms. The highest BCUT2D eigenvalue weighted by molar-refractivity contribution is 7.89. The molecule has 3 heterocycles. The van der Waals surface area contributed by atoms with Crippen molar-refractivity contribution < 1.29 is 17.6 Å². The smallest absolute Gasteiger partial charge is 0.244 e. The summed E-state index contributed by atoms with van der Waals surface area (Å²) in [4.78, 5) is 19.7. The lowest BCUT2D eigenvalue weighted by Gasteiger charge is -2.37. The predicted octanol–water partition coefficient (Wildman–Crippen LogP) is 3.49. The number of sulfonamides is 1. The van der Waals surface area contributed by atoms with E-state index in [9.17, 15) is 17.6 Å². The molecule has 2 fully saturated rings. The Hall–Kier alpha value is -2.32. The number of aromatic nitrogens is 1. The van der Waals surface area contributed by atoms with E-state index in [1.807, 2.05) is 4.90 Å². The average molecular weight is 460 g/mol. The number of amides is 1. The molecule has 0 saturated carbocycles. The molecule has 2 aliphatic rings. The van der Waals surface area contributed by atoms with Crippen molar-refractivity contribution in [1.82, 2.24) is 14.2 Å². The molecular formula is C24H30FN3O3S. The first kappa shape index (κ1) is 22.9. The summed E-state index contributed by atoms with van der Waals surface area (Å²) in [5.74, 6) is 0.196. The van der Waals surface area contributed by atoms with Crippen LogP contribution < -0.4 is 0 Å². The summed E-state index contributed by atoms with van der Waals surface area (Å²) in [6.45, 7) is 5.50. The number of nitrogens with zero attached hydrogens (tertiary/aromatic N) is 3. The third-order valence-electron chi connectivity index (χ3n) is 6.68. The van der Waals surface area contributed by atoms with Gasteiger partial charge >= 0.3 is 0 Å². The molecule has 8 heteroatoms. The Labute approximate surface area is 189 Å². The minimum Gasteiger partial charge on any atom is -0.339 e. The molecule has 2 aliphatic heterocycles. The SMILES string of the molecule is CC(C)CN1C(=O)C2(CCN(S(=O)(=O)c3cccnc3)CC2)C[C@H]1Cc1ccc(F)cc1. The minimum atomic E-state index is -3.61. The first-order valence-electron chi connectivity index (χ1n) is 11.2. The van der Waals surface area contributed by atoms with Crippen LogP contribution in [0.3, 0.4) is 0 Å². The number of pyridine rings is 1. The van der Waals surface area contributed by atoms with Crippen LogP contribution in [0, 0.1) is 17.2 Å². The van der Waals surface area contributed by atoms with Crippen molar-refractivity contribution in [2.75, 3.05) is 19.6 Å². The van der Waals surface area contributed by atoms with Crippen LogP contribution in [-0.4, -0.2) is 54.2 Å². The van der Waals surface area contributed by atoms with Crippen LogP contribution in [0.15, 0.2) is 53.7 Å². The first-order chi connectivity index (χ1) is 15.2. The summed E-state index contributed by atoms with van der Waals surface area (Å²) in [5, 5.41) is 0. The number of hydrogen-bond donors (Lipinski definition) is 0. The van der Waals surface area contributed by atoms with E-state index in [1.165, 1.54) is 22.6 Å². The molecule has 0 radical (unpaired) electrons. The van der Waals surface area contributed by atoms with Crippen LogP contribution in [0.1, 0.15) is 38.7 Å². The molecule has 2 saturated heterocycles. The van der Waals surface area contributed by atoms with E-state index < -0.39 is 15.4 Å². The van der Waals surface area contributed by atoms with Gasteiger partial charge in [0, 0.05) is 38.1 Å². The standard InChI is InChI=1S/C24H30FN3O3S/c1-18(2)17-28-21(14-19-5-7-20(25)8-6-19)15-24(23(28)29)9-12-27(13-10-24)32(30,31)22-4-3-11-26-16-22/h3-8,11,16,18,21H,9-10,12-15,17H2,1-2H3/t21-/m1/s1. The van der Waals surface area contributed by atoms with Gasteiger partial charge in [-0.3, -0.25) is 9.78 Å². The van der Waals surface area contributed by atoms with Crippen molar-refractivity contribution >= 4 is 15.9 Å². The molecule has 1 atom stereocenters. The number of likely N-dealkylation sites (tertiary alicyclic amines) is 1. The Morgan fingerprint density at radius 2 is 1.84 bits per heavy atom. The lowest BCUT2D eigenvalue weighted by atomic mass is 9.76. The van der Waals surface area contributed by atoms with Crippen molar-refractivity contribution in [3.63, 3.8) is 0 Å². The normalized spacial score (nSPS) is 21.6. The van der Waals surface area contributed by atoms with Crippen molar-refractivity contribution in [2.45, 2.75) is 50.5 Å². The van der Waals surface area contributed by atoms with E-state index in [2.05, 4.69) is 18.8 Å². The molecule has 0 bridgehead atoms. The van der Waals surface area contributed by atoms with Gasteiger partial charge in [0.25, 0.3) is 0 Å². The first-order valence-corrected chi connectivity index (χ1v) is 12.6. The highest BCUT2D eigenvalue weighted by Gasteiger charge is 2.53. The fourth-order valence-electron chi connectivity index (χ4n) is 5.04. The molecule has 1 aromatic carbocycles. The molecule has 1 amide bonds. The van der Waals surface area contributed by atoms with Crippen LogP contribution in [0.2, 0.25) is 0 Å². The van der Waals surface area contributed by atoms with E-state index in [0.717, 1.165) is 5.56 Å². The lowest BCUT2D eigenvalue weighted by Crippen LogP contribution is -2.47. The van der Waals surface area contributed by atoms with E-state index in [4.69, 9.17) is 0 Å². The number of rotatable bonds is 6. The molecule has 6 nitrogen and oxygen atoms in total. The lowest BCUT2D eigenvalue weighted by molar-refractivity contribution is -0.139. The number of piperidine rings is 1. The third-order valence-corrected chi connectivity index (χ3v) is 8.56. The van der Waals surface area contributed by atoms with Crippen LogP contribution in [0.25, 0.3) is 0 Å². The Bertz CT molecular complexity index is 1050. The maximum atomic E-state index is 13.6. The molecule has 32 heavy (non-hydrogen) atoms. The molecule has 172 valence electrons. The maximum Gasteiger partial charge on any atom is 0.244 e. The molecule has 0 unspecified atom stereocenters. The van der Waals surface area contributed by atoms with Gasteiger partial charge in [-0.05, 0) is 61.4 Å². The van der Waals surface area contributed by atoms with Gasteiger partial charge in [0.05, 0.1) is 5.41 Å². The summed E-state index contributed by atoms with van der Waals surface area (Å²) >= 11 is 0. The van der Waals surface area contributed by atoms with Gasteiger partial charge in [-0.2, -0.15) is 4.31 Å². The second-order valence-corrected chi connectivity index (χ2v) is 11.4. The van der Waals surface area contributed by atoms with Crippen LogP contribution >= 0.6 is 0 Å². The maximum absolute atomic E-state index is 13.6. The fourth-order valence-corrected chi connectivity index (χ4v) is 6.45. The summed E-state index contributed by atoms with van der Waals surface area (Å²) < 4.78 is 40.8. The Balaban J connectivity index is 1.52. The molecule has 0 aliphatic carbocycles. The van der Waals surface area contributed by atoms with Gasteiger partial charge in [-0.25, -0.2) is 12.8 Å². The topological polar surface area (TPSA) is 70.6 Å². The van der Waals surface area contributed by atoms with E-state index >= 15 is 0 Å². The molecule has 4 rings (SSSR count). The van der Waals surface area contributed by atoms with Crippen LogP contribution in [0.4, 0.5) is 4.39 Å². The largest absolute Gasteiger partial charge is 0.339 e. The molecule has 0 N–H and O–H groups in total. The summed E-state index contributed by atoms with van der Waals surface area (Å²) in [6, 6.07) is 9.67. The average Bonchev–Trinajstić information content (AvgIpc) is 3.01. The zero-order valence-corrected chi connectivity index (χ0v) is 19.4. The van der Waals surface area contributed by atoms with Gasteiger partial charge in [-0.15, -0.1) is 0 Å². The van der Waals surface area contributed by atoms with Crippen molar-refractivity contribution in [3.8, 4) is 0 Å². The van der Waals surface area contributed by atoms with E-state index in [-0.39, 0.29) is 22.7 Å². The Kier molecular flexibility index (Phi) is 6.36. The third kappa shape index (κ3) is 4.43. The van der Waals surface area contributed by atoms with Gasteiger partial charge < -0.3 is 4.90 Å². The summed E-state index contributed by atoms with van der Waals surface area (Å²) in [7, 11) is -3.61. The van der Waals surface area contributed by atoms with Crippen molar-refractivity contribution in [1.29, 1.82) is 0 Å². The molecule has 2 aromatic rings. The number of carbonyl (C=O) groups is 1. The predicted molar refractivity (Wildman–Crippen MR) is 120 cm³/mol. The zero-order valence-electron chi connectivity index (χ0n) is 18.6. The Morgan fingerprint density at radius 1 is 1.16 bits per heavy atom. The number of hydrogen-bond acceptors (Lipinski definition) is 4. The zero-order chi connectivity index (χ0) is 22.9. The van der Waals surface area contributed by atoms with Crippen LogP contribution in [0.5, 0.6) is 0 Å². The highest BCUT2D eigenvalue weighted by Crippen LogP contribution is 2.46. The Morgan fingerprint density at radius 3 is 2.44 bits per heavy atom. The minimum absolute atomic E-state index is 0.0387.